The number of thiazole rings is 1. The Morgan fingerprint density at radius 3 is 2.62 bits per heavy atom. The molecule has 0 atom stereocenters. The van der Waals surface area contributed by atoms with Gasteiger partial charge in [0, 0.05) is 10.9 Å². The van der Waals surface area contributed by atoms with Crippen LogP contribution in [0.5, 0.6) is 5.75 Å². The van der Waals surface area contributed by atoms with Crippen LogP contribution in [0, 0.1) is 5.82 Å². The first-order chi connectivity index (χ1) is 13.8. The van der Waals surface area contributed by atoms with Crippen LogP contribution in [0.15, 0.2) is 53.9 Å². The molecule has 0 aliphatic carbocycles. The van der Waals surface area contributed by atoms with Crippen molar-refractivity contribution >= 4 is 17.2 Å². The summed E-state index contributed by atoms with van der Waals surface area (Å²) >= 11 is 1.40. The highest BCUT2D eigenvalue weighted by atomic mass is 32.1. The number of hydrogen-bond donors (Lipinski definition) is 1. The van der Waals surface area contributed by atoms with Gasteiger partial charge in [-0.1, -0.05) is 45.0 Å². The van der Waals surface area contributed by atoms with Crippen molar-refractivity contribution in [3.8, 4) is 16.3 Å². The number of amides is 1. The predicted molar refractivity (Wildman–Crippen MR) is 115 cm³/mol. The summed E-state index contributed by atoms with van der Waals surface area (Å²) in [5, 5.41) is 5.37. The van der Waals surface area contributed by atoms with Gasteiger partial charge in [-0.05, 0) is 35.2 Å². The molecule has 1 amide bonds. The minimum atomic E-state index is -0.301. The molecule has 152 valence electrons. The van der Waals surface area contributed by atoms with Gasteiger partial charge in [-0.15, -0.1) is 11.3 Å². The number of carbonyl (C=O) groups is 1. The molecule has 0 spiro atoms. The maximum Gasteiger partial charge on any atom is 0.226 e. The van der Waals surface area contributed by atoms with Crippen LogP contribution in [-0.2, 0) is 16.6 Å². The fourth-order valence-corrected chi connectivity index (χ4v) is 3.60. The lowest BCUT2D eigenvalue weighted by Gasteiger charge is -2.19. The molecule has 29 heavy (non-hydrogen) atoms. The predicted octanol–water partition coefficient (Wildman–Crippen LogP) is 4.98. The van der Waals surface area contributed by atoms with Crippen LogP contribution in [0.25, 0.3) is 10.6 Å². The molecule has 1 N–H and O–H groups in total. The van der Waals surface area contributed by atoms with Crippen molar-refractivity contribution in [3.63, 3.8) is 0 Å². The number of hydrogen-bond acceptors (Lipinski definition) is 4. The van der Waals surface area contributed by atoms with E-state index in [1.807, 2.05) is 17.5 Å². The van der Waals surface area contributed by atoms with Crippen LogP contribution in [-0.4, -0.2) is 24.0 Å². The molecule has 0 unspecified atom stereocenters. The van der Waals surface area contributed by atoms with E-state index in [0.717, 1.165) is 5.75 Å². The molecule has 1 heterocycles. The molecule has 0 saturated heterocycles. The van der Waals surface area contributed by atoms with Gasteiger partial charge in [0.05, 0.1) is 18.7 Å². The Morgan fingerprint density at radius 1 is 1.17 bits per heavy atom. The zero-order valence-electron chi connectivity index (χ0n) is 16.9. The average Bonchev–Trinajstić information content (AvgIpc) is 3.13. The van der Waals surface area contributed by atoms with E-state index in [1.54, 1.807) is 12.1 Å². The lowest BCUT2D eigenvalue weighted by atomic mass is 9.87. The smallest absolute Gasteiger partial charge is 0.226 e. The highest BCUT2D eigenvalue weighted by Gasteiger charge is 2.13. The quantitative estimate of drug-likeness (QED) is 0.557. The second-order valence-electron chi connectivity index (χ2n) is 7.80. The van der Waals surface area contributed by atoms with Gasteiger partial charge in [-0.3, -0.25) is 4.79 Å². The molecule has 2 aromatic carbocycles. The summed E-state index contributed by atoms with van der Waals surface area (Å²) in [5.41, 5.74) is 2.74. The van der Waals surface area contributed by atoms with E-state index in [2.05, 4.69) is 43.2 Å². The van der Waals surface area contributed by atoms with Crippen LogP contribution in [0.2, 0.25) is 0 Å². The number of carbonyl (C=O) groups excluding carboxylic acids is 1. The number of halogens is 1. The van der Waals surface area contributed by atoms with Crippen molar-refractivity contribution in [2.75, 3.05) is 13.2 Å². The Bertz CT molecular complexity index is 962. The summed E-state index contributed by atoms with van der Waals surface area (Å²) in [4.78, 5) is 16.5. The lowest BCUT2D eigenvalue weighted by molar-refractivity contribution is -0.120. The standard InChI is InChI=1S/C23H25FN2O2S/c1-23(2,3)17-7-9-20(10-8-17)28-12-11-25-21(27)14-19-15-29-22(26-19)16-5-4-6-18(24)13-16/h4-10,13,15H,11-12,14H2,1-3H3,(H,25,27). The molecule has 4 nitrogen and oxygen atoms in total. The number of nitrogens with zero attached hydrogens (tertiary/aromatic N) is 1. The number of ether oxygens (including phenoxy) is 1. The van der Waals surface area contributed by atoms with Gasteiger partial charge in [-0.25, -0.2) is 9.37 Å². The summed E-state index contributed by atoms with van der Waals surface area (Å²) < 4.78 is 19.0. The number of nitrogens with one attached hydrogen (secondary N) is 1. The third-order valence-corrected chi connectivity index (χ3v) is 5.32. The highest BCUT2D eigenvalue weighted by Crippen LogP contribution is 2.25. The van der Waals surface area contributed by atoms with Crippen molar-refractivity contribution in [1.29, 1.82) is 0 Å². The molecule has 1 aromatic heterocycles. The topological polar surface area (TPSA) is 51.2 Å². The van der Waals surface area contributed by atoms with E-state index >= 15 is 0 Å². The third kappa shape index (κ3) is 6.12. The van der Waals surface area contributed by atoms with Crippen molar-refractivity contribution in [1.82, 2.24) is 10.3 Å². The Morgan fingerprint density at radius 2 is 1.93 bits per heavy atom. The van der Waals surface area contributed by atoms with E-state index in [1.165, 1.54) is 29.0 Å². The van der Waals surface area contributed by atoms with Crippen LogP contribution in [0.3, 0.4) is 0 Å². The first-order valence-corrected chi connectivity index (χ1v) is 10.4. The van der Waals surface area contributed by atoms with Gasteiger partial charge in [0.25, 0.3) is 0 Å². The zero-order valence-corrected chi connectivity index (χ0v) is 17.7. The Balaban J connectivity index is 1.42. The molecule has 0 bridgehead atoms. The molecular formula is C23H25FN2O2S. The van der Waals surface area contributed by atoms with E-state index in [0.29, 0.717) is 29.4 Å². The van der Waals surface area contributed by atoms with Crippen molar-refractivity contribution in [2.45, 2.75) is 32.6 Å². The first kappa shape index (κ1) is 21.0. The number of aromatic nitrogens is 1. The minimum absolute atomic E-state index is 0.108. The van der Waals surface area contributed by atoms with E-state index < -0.39 is 0 Å². The Hall–Kier alpha value is -2.73. The molecule has 0 aliphatic heterocycles. The summed E-state index contributed by atoms with van der Waals surface area (Å²) in [6.07, 6.45) is 0.187. The minimum Gasteiger partial charge on any atom is -0.492 e. The van der Waals surface area contributed by atoms with E-state index in [-0.39, 0.29) is 23.6 Å². The Labute approximate surface area is 174 Å². The zero-order chi connectivity index (χ0) is 20.9. The molecule has 0 radical (unpaired) electrons. The van der Waals surface area contributed by atoms with E-state index in [4.69, 9.17) is 4.74 Å². The molecule has 0 fully saturated rings. The Kier molecular flexibility index (Phi) is 6.64. The van der Waals surface area contributed by atoms with Crippen LogP contribution >= 0.6 is 11.3 Å². The monoisotopic (exact) mass is 412 g/mol. The highest BCUT2D eigenvalue weighted by molar-refractivity contribution is 7.13. The maximum atomic E-state index is 13.3. The van der Waals surface area contributed by atoms with Gasteiger partial charge in [0.2, 0.25) is 5.91 Å². The van der Waals surface area contributed by atoms with Gasteiger partial charge in [-0.2, -0.15) is 0 Å². The fraction of sp³-hybridized carbons (Fsp3) is 0.304. The van der Waals surface area contributed by atoms with Crippen LogP contribution in [0.1, 0.15) is 32.0 Å². The van der Waals surface area contributed by atoms with E-state index in [9.17, 15) is 9.18 Å². The maximum absolute atomic E-state index is 13.3. The molecule has 0 aliphatic rings. The fourth-order valence-electron chi connectivity index (χ4n) is 2.78. The summed E-state index contributed by atoms with van der Waals surface area (Å²) in [6.45, 7) is 7.32. The average molecular weight is 413 g/mol. The lowest BCUT2D eigenvalue weighted by Crippen LogP contribution is -2.29. The number of rotatable bonds is 7. The van der Waals surface area contributed by atoms with Crippen LogP contribution in [0.4, 0.5) is 4.39 Å². The van der Waals surface area contributed by atoms with Gasteiger partial charge >= 0.3 is 0 Å². The van der Waals surface area contributed by atoms with Gasteiger partial charge in [0.15, 0.2) is 0 Å². The van der Waals surface area contributed by atoms with Crippen molar-refractivity contribution < 1.29 is 13.9 Å². The summed E-state index contributed by atoms with van der Waals surface area (Å²) in [6, 6.07) is 14.3. The molecule has 3 rings (SSSR count). The molecule has 0 saturated carbocycles. The largest absolute Gasteiger partial charge is 0.492 e. The molecular weight excluding hydrogens is 387 g/mol. The second-order valence-corrected chi connectivity index (χ2v) is 8.66. The third-order valence-electron chi connectivity index (χ3n) is 4.38. The van der Waals surface area contributed by atoms with Gasteiger partial charge < -0.3 is 10.1 Å². The second kappa shape index (κ2) is 9.18. The van der Waals surface area contributed by atoms with Crippen LogP contribution < -0.4 is 10.1 Å². The normalized spacial score (nSPS) is 11.3. The molecule has 6 heteroatoms. The summed E-state index contributed by atoms with van der Waals surface area (Å²) in [7, 11) is 0. The van der Waals surface area contributed by atoms with Crippen molar-refractivity contribution in [2.24, 2.45) is 0 Å². The summed E-state index contributed by atoms with van der Waals surface area (Å²) in [5.74, 6) is 0.365. The first-order valence-electron chi connectivity index (χ1n) is 9.52. The molecule has 3 aromatic rings. The number of benzene rings is 2. The SMILES string of the molecule is CC(C)(C)c1ccc(OCCNC(=O)Cc2csc(-c3cccc(F)c3)n2)cc1. The van der Waals surface area contributed by atoms with Gasteiger partial charge in [0.1, 0.15) is 23.2 Å². The van der Waals surface area contributed by atoms with Crippen molar-refractivity contribution in [3.05, 3.63) is 71.0 Å².